The fourth-order valence-corrected chi connectivity index (χ4v) is 1.25. The molecule has 6 heteroatoms. The van der Waals surface area contributed by atoms with E-state index >= 15 is 0 Å². The van der Waals surface area contributed by atoms with Gasteiger partial charge in [-0.25, -0.2) is 4.79 Å². The summed E-state index contributed by atoms with van der Waals surface area (Å²) in [6.45, 7) is 0.967. The third-order valence-corrected chi connectivity index (χ3v) is 2.12. The van der Waals surface area contributed by atoms with Gasteiger partial charge in [0.05, 0.1) is 16.4 Å². The van der Waals surface area contributed by atoms with E-state index < -0.39 is 6.03 Å². The van der Waals surface area contributed by atoms with E-state index in [1.807, 2.05) is 6.07 Å². The highest BCUT2D eigenvalue weighted by atomic mass is 35.5. The largest absolute Gasteiger partial charge is 0.396 e. The molecule has 0 atom stereocenters. The van der Waals surface area contributed by atoms with Crippen molar-refractivity contribution < 1.29 is 4.79 Å². The molecular formula is C9H13ClN4O. The molecule has 0 unspecified atom stereocenters. The molecular weight excluding hydrogens is 216 g/mol. The number of para-hydroxylation sites is 1. The first kappa shape index (κ1) is 11.5. The Morgan fingerprint density at radius 2 is 2.13 bits per heavy atom. The first-order valence-corrected chi connectivity index (χ1v) is 4.80. The monoisotopic (exact) mass is 228 g/mol. The molecule has 0 aliphatic rings. The Hall–Kier alpha value is -1.62. The standard InChI is InChI=1S/C9H13ClN4O/c10-6-2-1-3-7(8(6)11)13-4-5-14-9(12)15/h1-3,13H,4-5,11H2,(H3,12,14,15). The van der Waals surface area contributed by atoms with Crippen molar-refractivity contribution in [2.24, 2.45) is 5.73 Å². The van der Waals surface area contributed by atoms with Crippen LogP contribution in [0.25, 0.3) is 0 Å². The summed E-state index contributed by atoms with van der Waals surface area (Å²) < 4.78 is 0. The molecule has 15 heavy (non-hydrogen) atoms. The van der Waals surface area contributed by atoms with Crippen LogP contribution in [0, 0.1) is 0 Å². The number of urea groups is 1. The highest BCUT2D eigenvalue weighted by molar-refractivity contribution is 6.33. The maximum atomic E-state index is 10.4. The van der Waals surface area contributed by atoms with Crippen molar-refractivity contribution >= 4 is 29.0 Å². The van der Waals surface area contributed by atoms with E-state index in [9.17, 15) is 4.79 Å². The lowest BCUT2D eigenvalue weighted by molar-refractivity contribution is 0.249. The molecule has 2 amide bonds. The second kappa shape index (κ2) is 5.31. The average Bonchev–Trinajstić information content (AvgIpc) is 2.18. The van der Waals surface area contributed by atoms with Gasteiger partial charge in [0.15, 0.2) is 0 Å². The summed E-state index contributed by atoms with van der Waals surface area (Å²) in [6.07, 6.45) is 0. The smallest absolute Gasteiger partial charge is 0.312 e. The number of nitrogen functional groups attached to an aromatic ring is 1. The number of rotatable bonds is 4. The summed E-state index contributed by atoms with van der Waals surface area (Å²) >= 11 is 5.82. The summed E-state index contributed by atoms with van der Waals surface area (Å²) in [5, 5.41) is 5.98. The van der Waals surface area contributed by atoms with Crippen LogP contribution in [0.15, 0.2) is 18.2 Å². The second-order valence-corrected chi connectivity index (χ2v) is 3.33. The molecule has 0 saturated heterocycles. The van der Waals surface area contributed by atoms with Gasteiger partial charge in [-0.05, 0) is 12.1 Å². The van der Waals surface area contributed by atoms with Crippen LogP contribution >= 0.6 is 11.6 Å². The van der Waals surface area contributed by atoms with Crippen molar-refractivity contribution in [1.82, 2.24) is 5.32 Å². The number of halogens is 1. The maximum Gasteiger partial charge on any atom is 0.312 e. The van der Waals surface area contributed by atoms with E-state index in [0.717, 1.165) is 5.69 Å². The van der Waals surface area contributed by atoms with E-state index in [0.29, 0.717) is 23.8 Å². The van der Waals surface area contributed by atoms with E-state index in [1.54, 1.807) is 12.1 Å². The van der Waals surface area contributed by atoms with Crippen molar-refractivity contribution in [1.29, 1.82) is 0 Å². The number of amides is 2. The van der Waals surface area contributed by atoms with Crippen LogP contribution < -0.4 is 22.1 Å². The van der Waals surface area contributed by atoms with Crippen LogP contribution in [0.1, 0.15) is 0 Å². The molecule has 6 N–H and O–H groups in total. The van der Waals surface area contributed by atoms with Crippen LogP contribution in [-0.4, -0.2) is 19.1 Å². The van der Waals surface area contributed by atoms with Gasteiger partial charge in [-0.15, -0.1) is 0 Å². The molecule has 0 radical (unpaired) electrons. The Morgan fingerprint density at radius 3 is 2.80 bits per heavy atom. The molecule has 5 nitrogen and oxygen atoms in total. The molecule has 1 rings (SSSR count). The minimum Gasteiger partial charge on any atom is -0.396 e. The van der Waals surface area contributed by atoms with E-state index in [2.05, 4.69) is 10.6 Å². The van der Waals surface area contributed by atoms with Crippen LogP contribution in [0.2, 0.25) is 5.02 Å². The lowest BCUT2D eigenvalue weighted by atomic mass is 10.2. The molecule has 0 heterocycles. The van der Waals surface area contributed by atoms with E-state index in [-0.39, 0.29) is 0 Å². The second-order valence-electron chi connectivity index (χ2n) is 2.92. The predicted octanol–water partition coefficient (Wildman–Crippen LogP) is 1.00. The summed E-state index contributed by atoms with van der Waals surface area (Å²) in [7, 11) is 0. The number of benzene rings is 1. The summed E-state index contributed by atoms with van der Waals surface area (Å²) in [5.74, 6) is 0. The van der Waals surface area contributed by atoms with Gasteiger partial charge in [0.25, 0.3) is 0 Å². The summed E-state index contributed by atoms with van der Waals surface area (Å²) in [5.41, 5.74) is 11.9. The number of carbonyl (C=O) groups excluding carboxylic acids is 1. The molecule has 1 aromatic rings. The molecule has 0 bridgehead atoms. The van der Waals surface area contributed by atoms with Gasteiger partial charge in [-0.3, -0.25) is 0 Å². The Bertz CT molecular complexity index is 356. The number of anilines is 2. The van der Waals surface area contributed by atoms with Gasteiger partial charge in [0, 0.05) is 13.1 Å². The average molecular weight is 229 g/mol. The molecule has 0 aliphatic heterocycles. The van der Waals surface area contributed by atoms with E-state index in [1.165, 1.54) is 0 Å². The molecule has 0 fully saturated rings. The highest BCUT2D eigenvalue weighted by Crippen LogP contribution is 2.26. The molecule has 0 aromatic heterocycles. The summed E-state index contributed by atoms with van der Waals surface area (Å²) in [6, 6.07) is 4.77. The van der Waals surface area contributed by atoms with Gasteiger partial charge in [0.2, 0.25) is 0 Å². The van der Waals surface area contributed by atoms with Crippen LogP contribution in [-0.2, 0) is 0 Å². The zero-order valence-corrected chi connectivity index (χ0v) is 8.84. The number of hydrogen-bond acceptors (Lipinski definition) is 3. The zero-order valence-electron chi connectivity index (χ0n) is 8.09. The summed E-state index contributed by atoms with van der Waals surface area (Å²) in [4.78, 5) is 10.4. The lowest BCUT2D eigenvalue weighted by Gasteiger charge is -2.10. The van der Waals surface area contributed by atoms with Crippen LogP contribution in [0.5, 0.6) is 0 Å². The molecule has 1 aromatic carbocycles. The fourth-order valence-electron chi connectivity index (χ4n) is 1.07. The first-order valence-electron chi connectivity index (χ1n) is 4.42. The first-order chi connectivity index (χ1) is 7.11. The highest BCUT2D eigenvalue weighted by Gasteiger charge is 2.01. The molecule has 0 saturated carbocycles. The van der Waals surface area contributed by atoms with Crippen molar-refractivity contribution in [2.75, 3.05) is 24.1 Å². The van der Waals surface area contributed by atoms with Crippen molar-refractivity contribution in [3.05, 3.63) is 23.2 Å². The van der Waals surface area contributed by atoms with Crippen LogP contribution in [0.3, 0.4) is 0 Å². The Balaban J connectivity index is 2.44. The Labute approximate surface area is 92.8 Å². The minimum atomic E-state index is -0.545. The Morgan fingerprint density at radius 1 is 1.40 bits per heavy atom. The molecule has 82 valence electrons. The van der Waals surface area contributed by atoms with Gasteiger partial charge < -0.3 is 22.1 Å². The van der Waals surface area contributed by atoms with Crippen molar-refractivity contribution in [3.63, 3.8) is 0 Å². The van der Waals surface area contributed by atoms with Crippen molar-refractivity contribution in [3.8, 4) is 0 Å². The fraction of sp³-hybridized carbons (Fsp3) is 0.222. The quantitative estimate of drug-likeness (QED) is 0.458. The number of nitrogens with two attached hydrogens (primary N) is 2. The third kappa shape index (κ3) is 3.55. The number of carbonyl (C=O) groups is 1. The topological polar surface area (TPSA) is 93.2 Å². The molecule has 0 spiro atoms. The van der Waals surface area contributed by atoms with Gasteiger partial charge >= 0.3 is 6.03 Å². The van der Waals surface area contributed by atoms with E-state index in [4.69, 9.17) is 23.1 Å². The normalized spacial score (nSPS) is 9.67. The third-order valence-electron chi connectivity index (χ3n) is 1.79. The van der Waals surface area contributed by atoms with Gasteiger partial charge in [-0.1, -0.05) is 17.7 Å². The van der Waals surface area contributed by atoms with Gasteiger partial charge in [0.1, 0.15) is 0 Å². The Kier molecular flexibility index (Phi) is 4.05. The number of hydrogen-bond donors (Lipinski definition) is 4. The van der Waals surface area contributed by atoms with Gasteiger partial charge in [-0.2, -0.15) is 0 Å². The number of primary amides is 1. The number of nitrogens with one attached hydrogen (secondary N) is 2. The maximum absolute atomic E-state index is 10.4. The van der Waals surface area contributed by atoms with Crippen LogP contribution in [0.4, 0.5) is 16.2 Å². The SMILES string of the molecule is NC(=O)NCCNc1cccc(Cl)c1N. The zero-order chi connectivity index (χ0) is 11.3. The predicted molar refractivity (Wildman–Crippen MR) is 61.9 cm³/mol. The molecule has 0 aliphatic carbocycles. The minimum absolute atomic E-state index is 0.432. The van der Waals surface area contributed by atoms with Crippen molar-refractivity contribution in [2.45, 2.75) is 0 Å². The lowest BCUT2D eigenvalue weighted by Crippen LogP contribution is -2.33.